The van der Waals surface area contributed by atoms with Crippen LogP contribution < -0.4 is 10.6 Å². The highest BCUT2D eigenvalue weighted by Crippen LogP contribution is 2.04. The second-order valence-corrected chi connectivity index (χ2v) is 4.86. The summed E-state index contributed by atoms with van der Waals surface area (Å²) in [6.45, 7) is 5.06. The first-order chi connectivity index (χ1) is 8.99. The Balaban J connectivity index is 2.32. The number of rotatable bonds is 6. The van der Waals surface area contributed by atoms with E-state index in [9.17, 15) is 9.59 Å². The highest BCUT2D eigenvalue weighted by Gasteiger charge is 2.15. The van der Waals surface area contributed by atoms with Gasteiger partial charge in [0.15, 0.2) is 0 Å². The summed E-state index contributed by atoms with van der Waals surface area (Å²) in [5, 5.41) is 5.47. The lowest BCUT2D eigenvalue weighted by atomic mass is 10.1. The Kier molecular flexibility index (Phi) is 6.06. The predicted octanol–water partition coefficient (Wildman–Crippen LogP) is 1.65. The average molecular weight is 262 g/mol. The molecule has 4 nitrogen and oxygen atoms in total. The molecule has 0 aliphatic heterocycles. The molecule has 0 aliphatic rings. The Morgan fingerprint density at radius 1 is 1.11 bits per heavy atom. The molecule has 0 spiro atoms. The summed E-state index contributed by atoms with van der Waals surface area (Å²) in [4.78, 5) is 22.6. The summed E-state index contributed by atoms with van der Waals surface area (Å²) < 4.78 is 0. The minimum atomic E-state index is -0.489. The van der Waals surface area contributed by atoms with Crippen LogP contribution in [0.1, 0.15) is 32.8 Å². The number of hydrogen-bond donors (Lipinski definition) is 2. The summed E-state index contributed by atoms with van der Waals surface area (Å²) >= 11 is 0. The maximum Gasteiger partial charge on any atom is 0.242 e. The van der Waals surface area contributed by atoms with E-state index in [1.165, 1.54) is 12.5 Å². The Labute approximate surface area is 114 Å². The molecule has 1 aromatic carbocycles. The predicted molar refractivity (Wildman–Crippen MR) is 75.6 cm³/mol. The SMILES string of the molecule is CC(=O)N[C@@H](C)C(=O)N[C@H](C)CCc1ccccc1. The monoisotopic (exact) mass is 262 g/mol. The molecule has 2 amide bonds. The molecule has 0 heterocycles. The highest BCUT2D eigenvalue weighted by molar-refractivity contribution is 5.86. The molecule has 0 radical (unpaired) electrons. The molecule has 0 fully saturated rings. The molecule has 19 heavy (non-hydrogen) atoms. The number of aryl methyl sites for hydroxylation is 1. The van der Waals surface area contributed by atoms with Crippen molar-refractivity contribution in [1.29, 1.82) is 0 Å². The van der Waals surface area contributed by atoms with Crippen molar-refractivity contribution in [2.24, 2.45) is 0 Å². The number of carbonyl (C=O) groups excluding carboxylic acids is 2. The lowest BCUT2D eigenvalue weighted by Gasteiger charge is -2.18. The summed E-state index contributed by atoms with van der Waals surface area (Å²) in [6, 6.07) is 9.77. The molecule has 0 bridgehead atoms. The van der Waals surface area contributed by atoms with E-state index in [0.29, 0.717) is 0 Å². The molecule has 0 aromatic heterocycles. The lowest BCUT2D eigenvalue weighted by Crippen LogP contribution is -2.46. The molecule has 0 aliphatic carbocycles. The molecule has 2 atom stereocenters. The fourth-order valence-corrected chi connectivity index (χ4v) is 1.84. The fourth-order valence-electron chi connectivity index (χ4n) is 1.84. The van der Waals surface area contributed by atoms with Crippen LogP contribution in [0.25, 0.3) is 0 Å². The van der Waals surface area contributed by atoms with Gasteiger partial charge in [0.25, 0.3) is 0 Å². The molecular formula is C15H22N2O2. The molecule has 2 N–H and O–H groups in total. The van der Waals surface area contributed by atoms with E-state index in [1.807, 2.05) is 25.1 Å². The Morgan fingerprint density at radius 3 is 2.32 bits per heavy atom. The molecule has 4 heteroatoms. The first-order valence-electron chi connectivity index (χ1n) is 6.60. The zero-order chi connectivity index (χ0) is 14.3. The Morgan fingerprint density at radius 2 is 1.74 bits per heavy atom. The van der Waals surface area contributed by atoms with E-state index in [2.05, 4.69) is 22.8 Å². The van der Waals surface area contributed by atoms with E-state index in [4.69, 9.17) is 0 Å². The van der Waals surface area contributed by atoms with E-state index < -0.39 is 6.04 Å². The molecule has 0 unspecified atom stereocenters. The smallest absolute Gasteiger partial charge is 0.242 e. The van der Waals surface area contributed by atoms with Crippen LogP contribution >= 0.6 is 0 Å². The maximum absolute atomic E-state index is 11.8. The molecule has 104 valence electrons. The van der Waals surface area contributed by atoms with Gasteiger partial charge in [0.1, 0.15) is 6.04 Å². The number of amides is 2. The fraction of sp³-hybridized carbons (Fsp3) is 0.467. The minimum Gasteiger partial charge on any atom is -0.352 e. The molecule has 1 rings (SSSR count). The van der Waals surface area contributed by atoms with Crippen LogP contribution in [-0.4, -0.2) is 23.9 Å². The van der Waals surface area contributed by atoms with Gasteiger partial charge in [0.2, 0.25) is 11.8 Å². The van der Waals surface area contributed by atoms with Gasteiger partial charge in [-0.3, -0.25) is 9.59 Å². The summed E-state index contributed by atoms with van der Waals surface area (Å²) in [6.07, 6.45) is 1.80. The first kappa shape index (κ1) is 15.2. The largest absolute Gasteiger partial charge is 0.352 e. The molecule has 0 saturated carbocycles. The van der Waals surface area contributed by atoms with Gasteiger partial charge in [-0.05, 0) is 32.3 Å². The van der Waals surface area contributed by atoms with Crippen molar-refractivity contribution < 1.29 is 9.59 Å². The van der Waals surface area contributed by atoms with Crippen molar-refractivity contribution in [3.63, 3.8) is 0 Å². The quantitative estimate of drug-likeness (QED) is 0.819. The van der Waals surface area contributed by atoms with Gasteiger partial charge in [-0.1, -0.05) is 30.3 Å². The van der Waals surface area contributed by atoms with Gasteiger partial charge in [-0.2, -0.15) is 0 Å². The van der Waals surface area contributed by atoms with Crippen molar-refractivity contribution in [3.05, 3.63) is 35.9 Å². The van der Waals surface area contributed by atoms with Crippen molar-refractivity contribution in [3.8, 4) is 0 Å². The van der Waals surface area contributed by atoms with Gasteiger partial charge in [-0.15, -0.1) is 0 Å². The third-order valence-electron chi connectivity index (χ3n) is 2.91. The highest BCUT2D eigenvalue weighted by atomic mass is 16.2. The van der Waals surface area contributed by atoms with E-state index in [-0.39, 0.29) is 17.9 Å². The lowest BCUT2D eigenvalue weighted by molar-refractivity contribution is -0.128. The number of carbonyl (C=O) groups is 2. The van der Waals surface area contributed by atoms with Crippen LogP contribution in [0.3, 0.4) is 0 Å². The minimum absolute atomic E-state index is 0.0870. The van der Waals surface area contributed by atoms with Crippen LogP contribution in [0.5, 0.6) is 0 Å². The summed E-state index contributed by atoms with van der Waals surface area (Å²) in [5.74, 6) is -0.338. The van der Waals surface area contributed by atoms with Gasteiger partial charge in [-0.25, -0.2) is 0 Å². The van der Waals surface area contributed by atoms with Crippen LogP contribution in [0.15, 0.2) is 30.3 Å². The third kappa shape index (κ3) is 6.04. The van der Waals surface area contributed by atoms with E-state index >= 15 is 0 Å². The first-order valence-corrected chi connectivity index (χ1v) is 6.60. The second kappa shape index (κ2) is 7.56. The van der Waals surface area contributed by atoms with Gasteiger partial charge in [0, 0.05) is 13.0 Å². The number of hydrogen-bond acceptors (Lipinski definition) is 2. The standard InChI is InChI=1S/C15H22N2O2/c1-11(9-10-14-7-5-4-6-8-14)16-15(19)12(2)17-13(3)18/h4-8,11-12H,9-10H2,1-3H3,(H,16,19)(H,17,18)/t11-,12+/m1/s1. The zero-order valence-corrected chi connectivity index (χ0v) is 11.8. The van der Waals surface area contributed by atoms with Crippen molar-refractivity contribution in [1.82, 2.24) is 10.6 Å². The Hall–Kier alpha value is -1.84. The summed E-state index contributed by atoms with van der Waals surface area (Å²) in [7, 11) is 0. The van der Waals surface area contributed by atoms with Crippen LogP contribution in [0.2, 0.25) is 0 Å². The average Bonchev–Trinajstić information content (AvgIpc) is 2.36. The van der Waals surface area contributed by atoms with Crippen molar-refractivity contribution in [2.75, 3.05) is 0 Å². The number of benzene rings is 1. The van der Waals surface area contributed by atoms with Gasteiger partial charge >= 0.3 is 0 Å². The van der Waals surface area contributed by atoms with Gasteiger partial charge < -0.3 is 10.6 Å². The normalized spacial score (nSPS) is 13.4. The van der Waals surface area contributed by atoms with Gasteiger partial charge in [0.05, 0.1) is 0 Å². The summed E-state index contributed by atoms with van der Waals surface area (Å²) in [5.41, 5.74) is 1.26. The number of nitrogens with one attached hydrogen (secondary N) is 2. The van der Waals surface area contributed by atoms with Crippen molar-refractivity contribution in [2.45, 2.75) is 45.7 Å². The molecule has 1 aromatic rings. The van der Waals surface area contributed by atoms with Crippen LogP contribution in [0.4, 0.5) is 0 Å². The van der Waals surface area contributed by atoms with E-state index in [1.54, 1.807) is 6.92 Å². The maximum atomic E-state index is 11.8. The van der Waals surface area contributed by atoms with Crippen molar-refractivity contribution >= 4 is 11.8 Å². The zero-order valence-electron chi connectivity index (χ0n) is 11.8. The molecule has 0 saturated heterocycles. The topological polar surface area (TPSA) is 58.2 Å². The Bertz CT molecular complexity index is 417. The van der Waals surface area contributed by atoms with Crippen LogP contribution in [-0.2, 0) is 16.0 Å². The van der Waals surface area contributed by atoms with Crippen LogP contribution in [0, 0.1) is 0 Å². The second-order valence-electron chi connectivity index (χ2n) is 4.86. The third-order valence-corrected chi connectivity index (χ3v) is 2.91. The van der Waals surface area contributed by atoms with E-state index in [0.717, 1.165) is 12.8 Å². The molecular weight excluding hydrogens is 240 g/mol.